The Morgan fingerprint density at radius 1 is 1.00 bits per heavy atom. The largest absolute Gasteiger partial charge is 0.463 e. The summed E-state index contributed by atoms with van der Waals surface area (Å²) in [6.45, 7) is 3.04. The van der Waals surface area contributed by atoms with Crippen molar-refractivity contribution in [3.63, 3.8) is 0 Å². The monoisotopic (exact) mass is 464 g/mol. The first-order chi connectivity index (χ1) is 17.1. The highest BCUT2D eigenvalue weighted by molar-refractivity contribution is 6.00. The number of benzene rings is 3. The molecular formula is C31H32N2O2. The number of ether oxygens (including phenoxy) is 1. The molecule has 35 heavy (non-hydrogen) atoms. The summed E-state index contributed by atoms with van der Waals surface area (Å²) < 4.78 is 5.01. The third kappa shape index (κ3) is 4.94. The van der Waals surface area contributed by atoms with E-state index in [1.807, 2.05) is 13.0 Å². The maximum atomic E-state index is 11.7. The number of carbonyl (C=O) groups is 1. The van der Waals surface area contributed by atoms with E-state index in [1.54, 1.807) is 0 Å². The van der Waals surface area contributed by atoms with Crippen LogP contribution in [-0.4, -0.2) is 19.6 Å². The van der Waals surface area contributed by atoms with E-state index in [4.69, 9.17) is 4.74 Å². The fraction of sp³-hybridized carbons (Fsp3) is 0.258. The van der Waals surface area contributed by atoms with Gasteiger partial charge in [-0.3, -0.25) is 0 Å². The Morgan fingerprint density at radius 3 is 2.43 bits per heavy atom. The molecular weight excluding hydrogens is 432 g/mol. The van der Waals surface area contributed by atoms with Gasteiger partial charge < -0.3 is 9.75 Å². The molecule has 3 aromatic rings. The Morgan fingerprint density at radius 2 is 1.74 bits per heavy atom. The van der Waals surface area contributed by atoms with Crippen molar-refractivity contribution in [3.05, 3.63) is 107 Å². The van der Waals surface area contributed by atoms with Crippen molar-refractivity contribution in [2.45, 2.75) is 32.7 Å². The first-order valence-electron chi connectivity index (χ1n) is 12.5. The lowest BCUT2D eigenvalue weighted by atomic mass is 9.73. The number of allylic oxidation sites excluding steroid dienone is 1. The predicted molar refractivity (Wildman–Crippen MR) is 143 cm³/mol. The molecule has 1 aliphatic heterocycles. The molecule has 0 unspecified atom stereocenters. The molecule has 0 atom stereocenters. The predicted octanol–water partition coefficient (Wildman–Crippen LogP) is 6.48. The SMILES string of the molecule is CCOC(=O)/C=C/c1ccc(/C(=C(\c2ccccc2)C2CCC2)c2ccc3c(c2)CNN3C)cc1. The number of nitrogens with one attached hydrogen (secondary N) is 1. The van der Waals surface area contributed by atoms with Gasteiger partial charge in [-0.2, -0.15) is 0 Å². The number of hydrogen-bond donors (Lipinski definition) is 1. The van der Waals surface area contributed by atoms with Crippen LogP contribution in [0.5, 0.6) is 0 Å². The Labute approximate surface area is 207 Å². The standard InChI is InChI=1S/C31H32N2O2/c1-3-35-29(34)19-14-22-12-15-25(16-13-22)31(26-17-18-28-27(20-26)21-32-33(28)2)30(24-10-7-11-24)23-8-5-4-6-9-23/h4-6,8-9,12-20,24,32H,3,7,10-11,21H2,1-2H3/b19-14+,31-30-. The summed E-state index contributed by atoms with van der Waals surface area (Å²) >= 11 is 0. The van der Waals surface area contributed by atoms with E-state index in [0.29, 0.717) is 12.5 Å². The zero-order valence-corrected chi connectivity index (χ0v) is 20.5. The van der Waals surface area contributed by atoms with E-state index in [-0.39, 0.29) is 5.97 Å². The number of esters is 1. The molecule has 1 aliphatic carbocycles. The zero-order valence-electron chi connectivity index (χ0n) is 20.5. The molecule has 0 saturated heterocycles. The van der Waals surface area contributed by atoms with E-state index in [1.165, 1.54) is 64.4 Å². The third-order valence-corrected chi connectivity index (χ3v) is 7.00. The van der Waals surface area contributed by atoms with Crippen LogP contribution in [0.15, 0.2) is 78.9 Å². The Bertz CT molecular complexity index is 1250. The molecule has 1 N–H and O–H groups in total. The van der Waals surface area contributed by atoms with Crippen LogP contribution in [0.3, 0.4) is 0 Å². The van der Waals surface area contributed by atoms with Gasteiger partial charge in [0.25, 0.3) is 0 Å². The van der Waals surface area contributed by atoms with Crippen molar-refractivity contribution >= 4 is 28.9 Å². The fourth-order valence-corrected chi connectivity index (χ4v) is 4.99. The highest BCUT2D eigenvalue weighted by Crippen LogP contribution is 2.45. The minimum Gasteiger partial charge on any atom is -0.463 e. The summed E-state index contributed by atoms with van der Waals surface area (Å²) in [6.07, 6.45) is 7.03. The lowest BCUT2D eigenvalue weighted by molar-refractivity contribution is -0.137. The summed E-state index contributed by atoms with van der Waals surface area (Å²) in [7, 11) is 2.06. The van der Waals surface area contributed by atoms with Gasteiger partial charge in [0.2, 0.25) is 0 Å². The highest BCUT2D eigenvalue weighted by atomic mass is 16.5. The second-order valence-corrected chi connectivity index (χ2v) is 9.23. The van der Waals surface area contributed by atoms with Crippen LogP contribution in [-0.2, 0) is 16.1 Å². The summed E-state index contributed by atoms with van der Waals surface area (Å²) in [5.41, 5.74) is 13.4. The molecule has 2 aliphatic rings. The Kier molecular flexibility index (Phi) is 6.82. The molecule has 5 rings (SSSR count). The van der Waals surface area contributed by atoms with Crippen molar-refractivity contribution in [2.75, 3.05) is 18.7 Å². The number of hydrazine groups is 1. The molecule has 0 amide bonds. The summed E-state index contributed by atoms with van der Waals surface area (Å²) in [4.78, 5) is 11.7. The van der Waals surface area contributed by atoms with E-state index < -0.39 is 0 Å². The van der Waals surface area contributed by atoms with Crippen molar-refractivity contribution in [2.24, 2.45) is 5.92 Å². The number of carbonyl (C=O) groups excluding carboxylic acids is 1. The van der Waals surface area contributed by atoms with Gasteiger partial charge >= 0.3 is 5.97 Å². The molecule has 0 spiro atoms. The van der Waals surface area contributed by atoms with Gasteiger partial charge in [0, 0.05) is 19.7 Å². The normalized spacial score (nSPS) is 16.1. The lowest BCUT2D eigenvalue weighted by Crippen LogP contribution is -2.26. The summed E-state index contributed by atoms with van der Waals surface area (Å²) in [5, 5.41) is 2.09. The molecule has 178 valence electrons. The van der Waals surface area contributed by atoms with Gasteiger partial charge in [0.05, 0.1) is 12.3 Å². The molecule has 4 nitrogen and oxygen atoms in total. The quantitative estimate of drug-likeness (QED) is 0.247. The van der Waals surface area contributed by atoms with Crippen LogP contribution in [0.4, 0.5) is 5.69 Å². The first-order valence-corrected chi connectivity index (χ1v) is 12.5. The van der Waals surface area contributed by atoms with Gasteiger partial charge in [-0.1, -0.05) is 67.1 Å². The number of rotatable bonds is 7. The molecule has 0 bridgehead atoms. The van der Waals surface area contributed by atoms with Crippen molar-refractivity contribution in [1.29, 1.82) is 0 Å². The van der Waals surface area contributed by atoms with E-state index in [0.717, 1.165) is 12.1 Å². The van der Waals surface area contributed by atoms with Crippen molar-refractivity contribution in [1.82, 2.24) is 5.43 Å². The van der Waals surface area contributed by atoms with Crippen LogP contribution in [0, 0.1) is 5.92 Å². The zero-order chi connectivity index (χ0) is 24.2. The van der Waals surface area contributed by atoms with E-state index >= 15 is 0 Å². The number of hydrogen-bond acceptors (Lipinski definition) is 4. The topological polar surface area (TPSA) is 41.6 Å². The smallest absolute Gasteiger partial charge is 0.330 e. The molecule has 0 aromatic heterocycles. The van der Waals surface area contributed by atoms with Crippen LogP contribution >= 0.6 is 0 Å². The lowest BCUT2D eigenvalue weighted by Gasteiger charge is -2.32. The maximum absolute atomic E-state index is 11.7. The molecule has 1 heterocycles. The Balaban J connectivity index is 1.62. The van der Waals surface area contributed by atoms with Crippen LogP contribution < -0.4 is 10.4 Å². The molecule has 0 radical (unpaired) electrons. The molecule has 4 heteroatoms. The number of fused-ring (bicyclic) bond motifs is 1. The third-order valence-electron chi connectivity index (χ3n) is 7.00. The number of nitrogens with zero attached hydrogens (tertiary/aromatic N) is 1. The minimum atomic E-state index is -0.315. The minimum absolute atomic E-state index is 0.315. The molecule has 1 saturated carbocycles. The maximum Gasteiger partial charge on any atom is 0.330 e. The van der Waals surface area contributed by atoms with Crippen LogP contribution in [0.2, 0.25) is 0 Å². The van der Waals surface area contributed by atoms with Crippen molar-refractivity contribution in [3.8, 4) is 0 Å². The molecule has 3 aromatic carbocycles. The van der Waals surface area contributed by atoms with E-state index in [9.17, 15) is 4.79 Å². The van der Waals surface area contributed by atoms with Crippen LogP contribution in [0.1, 0.15) is 54.0 Å². The highest BCUT2D eigenvalue weighted by Gasteiger charge is 2.28. The van der Waals surface area contributed by atoms with Crippen molar-refractivity contribution < 1.29 is 9.53 Å². The van der Waals surface area contributed by atoms with Gasteiger partial charge in [-0.25, -0.2) is 10.2 Å². The second-order valence-electron chi connectivity index (χ2n) is 9.23. The van der Waals surface area contributed by atoms with E-state index in [2.05, 4.69) is 90.3 Å². The second kappa shape index (κ2) is 10.3. The average molecular weight is 465 g/mol. The number of anilines is 1. The van der Waals surface area contributed by atoms with Gasteiger partial charge in [-0.05, 0) is 82.9 Å². The Hall–Kier alpha value is -3.63. The molecule has 1 fully saturated rings. The first kappa shape index (κ1) is 23.1. The van der Waals surface area contributed by atoms with Gasteiger partial charge in [-0.15, -0.1) is 0 Å². The van der Waals surface area contributed by atoms with Crippen LogP contribution in [0.25, 0.3) is 17.2 Å². The van der Waals surface area contributed by atoms with Gasteiger partial charge in [0.1, 0.15) is 0 Å². The average Bonchev–Trinajstić information content (AvgIpc) is 3.23. The fourth-order valence-electron chi connectivity index (χ4n) is 4.99. The summed E-state index contributed by atoms with van der Waals surface area (Å²) in [5.74, 6) is 0.245. The van der Waals surface area contributed by atoms with Gasteiger partial charge in [0.15, 0.2) is 0 Å². The summed E-state index contributed by atoms with van der Waals surface area (Å²) in [6, 6.07) is 26.2.